The van der Waals surface area contributed by atoms with Crippen LogP contribution in [0.3, 0.4) is 0 Å². The lowest BCUT2D eigenvalue weighted by Crippen LogP contribution is -2.07. The first kappa shape index (κ1) is 14.9. The molecule has 8 heteroatoms. The fourth-order valence-corrected chi connectivity index (χ4v) is 1.75. The Morgan fingerprint density at radius 2 is 1.86 bits per heavy atom. The van der Waals surface area contributed by atoms with Gasteiger partial charge in [-0.1, -0.05) is 0 Å². The molecule has 1 aromatic carbocycles. The fraction of sp³-hybridized carbons (Fsp3) is 0.308. The SMILES string of the molecule is CCOC(=O)c1n[nH]nc1-c1cc(F)c(OCC)c(F)c1. The molecule has 0 atom stereocenters. The van der Waals surface area contributed by atoms with Gasteiger partial charge in [-0.2, -0.15) is 10.3 Å². The number of aromatic amines is 1. The molecule has 6 nitrogen and oxygen atoms in total. The molecule has 0 saturated heterocycles. The summed E-state index contributed by atoms with van der Waals surface area (Å²) in [5.41, 5.74) is -0.0700. The molecule has 0 amide bonds. The van der Waals surface area contributed by atoms with E-state index in [0.29, 0.717) is 0 Å². The molecule has 0 aliphatic rings. The maximum absolute atomic E-state index is 13.8. The van der Waals surface area contributed by atoms with Crippen molar-refractivity contribution in [2.45, 2.75) is 13.8 Å². The van der Waals surface area contributed by atoms with Crippen molar-refractivity contribution in [3.05, 3.63) is 29.5 Å². The molecule has 1 N–H and O–H groups in total. The van der Waals surface area contributed by atoms with Crippen LogP contribution in [-0.4, -0.2) is 34.6 Å². The largest absolute Gasteiger partial charge is 0.488 e. The van der Waals surface area contributed by atoms with Gasteiger partial charge in [0, 0.05) is 5.56 Å². The number of nitrogens with zero attached hydrogens (tertiary/aromatic N) is 2. The second-order valence-corrected chi connectivity index (χ2v) is 3.94. The van der Waals surface area contributed by atoms with Crippen LogP contribution in [0.1, 0.15) is 24.3 Å². The number of aromatic nitrogens is 3. The molecule has 21 heavy (non-hydrogen) atoms. The van der Waals surface area contributed by atoms with E-state index in [-0.39, 0.29) is 30.2 Å². The van der Waals surface area contributed by atoms with E-state index in [1.54, 1.807) is 13.8 Å². The first-order chi connectivity index (χ1) is 10.1. The number of ether oxygens (including phenoxy) is 2. The fourth-order valence-electron chi connectivity index (χ4n) is 1.75. The van der Waals surface area contributed by atoms with Crippen molar-refractivity contribution in [2.24, 2.45) is 0 Å². The van der Waals surface area contributed by atoms with Gasteiger partial charge in [-0.3, -0.25) is 0 Å². The highest BCUT2D eigenvalue weighted by Gasteiger charge is 2.22. The molecular weight excluding hydrogens is 284 g/mol. The summed E-state index contributed by atoms with van der Waals surface area (Å²) in [6.07, 6.45) is 0. The Kier molecular flexibility index (Phi) is 4.46. The molecule has 0 aliphatic heterocycles. The molecule has 0 aliphatic carbocycles. The van der Waals surface area contributed by atoms with E-state index in [4.69, 9.17) is 9.47 Å². The molecule has 2 rings (SSSR count). The van der Waals surface area contributed by atoms with E-state index in [1.165, 1.54) is 0 Å². The van der Waals surface area contributed by atoms with Crippen LogP contribution < -0.4 is 4.74 Å². The molecule has 1 heterocycles. The second kappa shape index (κ2) is 6.29. The van der Waals surface area contributed by atoms with E-state index in [9.17, 15) is 13.6 Å². The predicted octanol–water partition coefficient (Wildman–Crippen LogP) is 2.33. The highest BCUT2D eigenvalue weighted by molar-refractivity contribution is 5.93. The lowest BCUT2D eigenvalue weighted by molar-refractivity contribution is 0.0520. The predicted molar refractivity (Wildman–Crippen MR) is 68.9 cm³/mol. The van der Waals surface area contributed by atoms with E-state index in [1.807, 2.05) is 0 Å². The molecule has 112 valence electrons. The Balaban J connectivity index is 2.44. The molecule has 0 fully saturated rings. The van der Waals surface area contributed by atoms with Crippen molar-refractivity contribution in [3.63, 3.8) is 0 Å². The third-order valence-electron chi connectivity index (χ3n) is 2.58. The Hall–Kier alpha value is -2.51. The monoisotopic (exact) mass is 297 g/mol. The number of hydrogen-bond donors (Lipinski definition) is 1. The van der Waals surface area contributed by atoms with Gasteiger partial charge in [-0.05, 0) is 26.0 Å². The van der Waals surface area contributed by atoms with Gasteiger partial charge < -0.3 is 9.47 Å². The quantitative estimate of drug-likeness (QED) is 0.857. The number of carbonyl (C=O) groups is 1. The van der Waals surface area contributed by atoms with Crippen molar-refractivity contribution in [3.8, 4) is 17.0 Å². The average Bonchev–Trinajstić information content (AvgIpc) is 2.92. The summed E-state index contributed by atoms with van der Waals surface area (Å²) in [4.78, 5) is 11.7. The minimum atomic E-state index is -0.885. The third kappa shape index (κ3) is 2.99. The van der Waals surface area contributed by atoms with E-state index in [0.717, 1.165) is 12.1 Å². The lowest BCUT2D eigenvalue weighted by atomic mass is 10.1. The zero-order chi connectivity index (χ0) is 15.4. The topological polar surface area (TPSA) is 77.1 Å². The number of rotatable bonds is 5. The van der Waals surface area contributed by atoms with Crippen LogP contribution in [0.25, 0.3) is 11.3 Å². The van der Waals surface area contributed by atoms with Gasteiger partial charge >= 0.3 is 5.97 Å². The number of esters is 1. The summed E-state index contributed by atoms with van der Waals surface area (Å²) in [6, 6.07) is 2.04. The zero-order valence-electron chi connectivity index (χ0n) is 11.4. The average molecular weight is 297 g/mol. The van der Waals surface area contributed by atoms with Crippen LogP contribution in [-0.2, 0) is 4.74 Å². The van der Waals surface area contributed by atoms with Crippen LogP contribution in [0, 0.1) is 11.6 Å². The Morgan fingerprint density at radius 3 is 2.43 bits per heavy atom. The minimum Gasteiger partial charge on any atom is -0.488 e. The van der Waals surface area contributed by atoms with Crippen molar-refractivity contribution < 1.29 is 23.0 Å². The van der Waals surface area contributed by atoms with Crippen LogP contribution in [0.2, 0.25) is 0 Å². The van der Waals surface area contributed by atoms with Crippen LogP contribution in [0.4, 0.5) is 8.78 Å². The molecular formula is C13H13F2N3O3. The molecule has 0 radical (unpaired) electrons. The summed E-state index contributed by atoms with van der Waals surface area (Å²) in [7, 11) is 0. The second-order valence-electron chi connectivity index (χ2n) is 3.94. The van der Waals surface area contributed by atoms with Crippen molar-refractivity contribution >= 4 is 5.97 Å². The highest BCUT2D eigenvalue weighted by atomic mass is 19.1. The number of hydrogen-bond acceptors (Lipinski definition) is 5. The molecule has 0 unspecified atom stereocenters. The number of carbonyl (C=O) groups excluding carboxylic acids is 1. The molecule has 1 aromatic heterocycles. The number of nitrogens with one attached hydrogen (secondary N) is 1. The van der Waals surface area contributed by atoms with Gasteiger partial charge in [0.1, 0.15) is 5.69 Å². The van der Waals surface area contributed by atoms with E-state index in [2.05, 4.69) is 15.4 Å². The van der Waals surface area contributed by atoms with Gasteiger partial charge in [0.25, 0.3) is 0 Å². The van der Waals surface area contributed by atoms with Gasteiger partial charge in [0.2, 0.25) is 0 Å². The summed E-state index contributed by atoms with van der Waals surface area (Å²) in [5, 5.41) is 9.62. The molecule has 2 aromatic rings. The van der Waals surface area contributed by atoms with Gasteiger partial charge in [0.05, 0.1) is 13.2 Å². The van der Waals surface area contributed by atoms with Crippen LogP contribution in [0.15, 0.2) is 12.1 Å². The van der Waals surface area contributed by atoms with Crippen LogP contribution in [0.5, 0.6) is 5.75 Å². The highest BCUT2D eigenvalue weighted by Crippen LogP contribution is 2.29. The third-order valence-corrected chi connectivity index (χ3v) is 2.58. The lowest BCUT2D eigenvalue weighted by Gasteiger charge is -2.08. The van der Waals surface area contributed by atoms with Crippen LogP contribution >= 0.6 is 0 Å². The molecule has 0 bridgehead atoms. The van der Waals surface area contributed by atoms with Gasteiger partial charge in [-0.25, -0.2) is 13.6 Å². The number of benzene rings is 1. The van der Waals surface area contributed by atoms with E-state index < -0.39 is 23.4 Å². The summed E-state index contributed by atoms with van der Waals surface area (Å²) < 4.78 is 37.3. The van der Waals surface area contributed by atoms with E-state index >= 15 is 0 Å². The smallest absolute Gasteiger partial charge is 0.361 e. The summed E-state index contributed by atoms with van der Waals surface area (Å²) >= 11 is 0. The zero-order valence-corrected chi connectivity index (χ0v) is 11.4. The summed E-state index contributed by atoms with van der Waals surface area (Å²) in [6.45, 7) is 3.53. The maximum Gasteiger partial charge on any atom is 0.361 e. The number of halogens is 2. The Labute approximate surface area is 119 Å². The van der Waals surface area contributed by atoms with Gasteiger partial charge in [0.15, 0.2) is 23.1 Å². The number of H-pyrrole nitrogens is 1. The van der Waals surface area contributed by atoms with Gasteiger partial charge in [-0.15, -0.1) is 5.10 Å². The summed E-state index contributed by atoms with van der Waals surface area (Å²) in [5.74, 6) is -2.97. The Morgan fingerprint density at radius 1 is 1.19 bits per heavy atom. The molecule has 0 saturated carbocycles. The first-order valence-corrected chi connectivity index (χ1v) is 6.28. The first-order valence-electron chi connectivity index (χ1n) is 6.28. The van der Waals surface area contributed by atoms with Crippen molar-refractivity contribution in [1.82, 2.24) is 15.4 Å². The van der Waals surface area contributed by atoms with Crippen molar-refractivity contribution in [2.75, 3.05) is 13.2 Å². The maximum atomic E-state index is 13.8. The van der Waals surface area contributed by atoms with Crippen molar-refractivity contribution in [1.29, 1.82) is 0 Å². The molecule has 0 spiro atoms. The standard InChI is InChI=1S/C13H13F2N3O3/c1-3-20-12-8(14)5-7(6-9(12)15)10-11(17-18-16-10)13(19)21-4-2/h5-6H,3-4H2,1-2H3,(H,16,17,18). The minimum absolute atomic E-state index is 0.00861. The normalized spacial score (nSPS) is 10.5. The Bertz CT molecular complexity index is 635.